The van der Waals surface area contributed by atoms with Crippen molar-refractivity contribution >= 4 is 17.4 Å². The maximum absolute atomic E-state index is 14.7. The number of rotatable bonds is 5. The van der Waals surface area contributed by atoms with Gasteiger partial charge < -0.3 is 14.5 Å². The average molecular weight is 442 g/mol. The zero-order valence-electron chi connectivity index (χ0n) is 20.4. The van der Waals surface area contributed by atoms with E-state index in [1.807, 2.05) is 53.7 Å². The van der Waals surface area contributed by atoms with Crippen molar-refractivity contribution in [2.45, 2.75) is 60.1 Å². The molecule has 1 aromatic carbocycles. The van der Waals surface area contributed by atoms with E-state index in [1.54, 1.807) is 17.0 Å². The Labute approximate surface area is 192 Å². The monoisotopic (exact) mass is 441 g/mol. The van der Waals surface area contributed by atoms with E-state index in [4.69, 9.17) is 4.74 Å². The Morgan fingerprint density at radius 2 is 1.91 bits per heavy atom. The van der Waals surface area contributed by atoms with Gasteiger partial charge in [0.15, 0.2) is 0 Å². The molecule has 174 valence electrons. The second-order valence-corrected chi connectivity index (χ2v) is 9.01. The molecule has 0 aliphatic carbocycles. The molecule has 32 heavy (non-hydrogen) atoms. The molecule has 6 heteroatoms. The highest BCUT2D eigenvalue weighted by atomic mass is 19.1. The average Bonchev–Trinajstić information content (AvgIpc) is 2.71. The van der Waals surface area contributed by atoms with Gasteiger partial charge in [0.2, 0.25) is 0 Å². The van der Waals surface area contributed by atoms with Gasteiger partial charge in [-0.25, -0.2) is 9.18 Å². The third-order valence-electron chi connectivity index (χ3n) is 5.44. The highest BCUT2D eigenvalue weighted by molar-refractivity contribution is 6.12. The van der Waals surface area contributed by atoms with Crippen molar-refractivity contribution in [2.24, 2.45) is 4.99 Å². The first-order valence-electron chi connectivity index (χ1n) is 11.0. The summed E-state index contributed by atoms with van der Waals surface area (Å²) < 4.78 is 20.2. The van der Waals surface area contributed by atoms with Crippen LogP contribution in [0.2, 0.25) is 0 Å². The van der Waals surface area contributed by atoms with Crippen LogP contribution < -0.4 is 0 Å². The molecule has 0 saturated carbocycles. The molecule has 0 bridgehead atoms. The van der Waals surface area contributed by atoms with Crippen LogP contribution in [0.1, 0.15) is 54.0 Å². The van der Waals surface area contributed by atoms with Gasteiger partial charge in [0, 0.05) is 54.4 Å². The van der Waals surface area contributed by atoms with E-state index in [1.165, 1.54) is 12.3 Å². The van der Waals surface area contributed by atoms with Crippen molar-refractivity contribution in [3.8, 4) is 0 Å². The van der Waals surface area contributed by atoms with Gasteiger partial charge in [-0.3, -0.25) is 4.99 Å². The smallest absolute Gasteiger partial charge is 0.410 e. The number of hydrogen-bond acceptors (Lipinski definition) is 4. The Bertz CT molecular complexity index is 941. The predicted octanol–water partition coefficient (Wildman–Crippen LogP) is 6.05. The summed E-state index contributed by atoms with van der Waals surface area (Å²) in [5, 5.41) is 0. The molecule has 2 rings (SSSR count). The van der Waals surface area contributed by atoms with E-state index in [-0.39, 0.29) is 18.0 Å². The maximum Gasteiger partial charge on any atom is 0.410 e. The lowest BCUT2D eigenvalue weighted by Gasteiger charge is -2.42. The first-order valence-corrected chi connectivity index (χ1v) is 11.0. The standard InChI is InChI=1S/C26H36FN3O2/c1-9-21(22-13-11-12-14-23(22)27)24(19(4)28-10-2)20(5)30-16-15-29(17-18(30)3)25(31)32-26(6,7)8/h9-14,18H,2,15-17H2,1,3-8H3/b21-9-,24-20-,28-19-/t18-/m0/s1. The molecule has 0 N–H and O–H groups in total. The van der Waals surface area contributed by atoms with E-state index in [9.17, 15) is 9.18 Å². The van der Waals surface area contributed by atoms with Crippen LogP contribution in [0.3, 0.4) is 0 Å². The summed E-state index contributed by atoms with van der Waals surface area (Å²) in [4.78, 5) is 21.0. The predicted molar refractivity (Wildman–Crippen MR) is 130 cm³/mol. The van der Waals surface area contributed by atoms with E-state index in [2.05, 4.69) is 23.4 Å². The summed E-state index contributed by atoms with van der Waals surface area (Å²) in [5.41, 5.74) is 3.40. The fourth-order valence-corrected chi connectivity index (χ4v) is 4.06. The lowest BCUT2D eigenvalue weighted by molar-refractivity contribution is 0.0101. The second kappa shape index (κ2) is 10.6. The van der Waals surface area contributed by atoms with Crippen LogP contribution in [0.25, 0.3) is 5.57 Å². The van der Waals surface area contributed by atoms with Crippen LogP contribution in [0.15, 0.2) is 59.4 Å². The number of aliphatic imine (C=N–C) groups is 1. The topological polar surface area (TPSA) is 45.1 Å². The molecule has 1 heterocycles. The highest BCUT2D eigenvalue weighted by Crippen LogP contribution is 2.31. The minimum absolute atomic E-state index is 0.0570. The number of nitrogens with zero attached hydrogens (tertiary/aromatic N) is 3. The fraction of sp³-hybridized carbons (Fsp3) is 0.462. The number of ether oxygens (including phenoxy) is 1. The van der Waals surface area contributed by atoms with Gasteiger partial charge in [0.25, 0.3) is 0 Å². The van der Waals surface area contributed by atoms with Crippen molar-refractivity contribution in [2.75, 3.05) is 19.6 Å². The number of carbonyl (C=O) groups is 1. The maximum atomic E-state index is 14.7. The molecule has 1 saturated heterocycles. The molecular formula is C26H36FN3O2. The van der Waals surface area contributed by atoms with Gasteiger partial charge in [0.05, 0.1) is 0 Å². The number of amides is 1. The van der Waals surface area contributed by atoms with Crippen molar-refractivity contribution in [1.82, 2.24) is 9.80 Å². The van der Waals surface area contributed by atoms with E-state index in [0.29, 0.717) is 25.2 Å². The lowest BCUT2D eigenvalue weighted by atomic mass is 9.91. The van der Waals surface area contributed by atoms with Gasteiger partial charge in [-0.2, -0.15) is 0 Å². The van der Waals surface area contributed by atoms with E-state index < -0.39 is 5.60 Å². The molecule has 1 aromatic rings. The van der Waals surface area contributed by atoms with Crippen LogP contribution in [-0.2, 0) is 4.74 Å². The molecule has 1 atom stereocenters. The van der Waals surface area contributed by atoms with Crippen LogP contribution in [-0.4, -0.2) is 52.9 Å². The third kappa shape index (κ3) is 6.09. The molecule has 0 radical (unpaired) electrons. The van der Waals surface area contributed by atoms with Gasteiger partial charge >= 0.3 is 6.09 Å². The Balaban J connectivity index is 2.43. The Hall–Kier alpha value is -2.89. The summed E-state index contributed by atoms with van der Waals surface area (Å²) in [7, 11) is 0. The molecule has 5 nitrogen and oxygen atoms in total. The number of allylic oxidation sites excluding steroid dienone is 4. The van der Waals surface area contributed by atoms with Crippen LogP contribution >= 0.6 is 0 Å². The molecule has 1 aliphatic rings. The minimum Gasteiger partial charge on any atom is -0.444 e. The number of piperazine rings is 1. The third-order valence-corrected chi connectivity index (χ3v) is 5.44. The molecule has 1 amide bonds. The van der Waals surface area contributed by atoms with Crippen molar-refractivity contribution in [3.05, 3.63) is 65.8 Å². The number of carbonyl (C=O) groups excluding carboxylic acids is 1. The quantitative estimate of drug-likeness (QED) is 0.413. The molecular weight excluding hydrogens is 405 g/mol. The zero-order chi connectivity index (χ0) is 24.1. The molecule has 1 fully saturated rings. The van der Waals surface area contributed by atoms with Crippen molar-refractivity contribution < 1.29 is 13.9 Å². The molecule has 1 aliphatic heterocycles. The number of hydrogen-bond donors (Lipinski definition) is 0. The molecule has 0 spiro atoms. The molecule has 0 aromatic heterocycles. The summed E-state index contributed by atoms with van der Waals surface area (Å²) in [6.07, 6.45) is 3.12. The number of benzene rings is 1. The fourth-order valence-electron chi connectivity index (χ4n) is 4.06. The normalized spacial score (nSPS) is 18.9. The molecule has 0 unspecified atom stereocenters. The Kier molecular flexibility index (Phi) is 8.42. The van der Waals surface area contributed by atoms with Gasteiger partial charge in [-0.1, -0.05) is 30.9 Å². The van der Waals surface area contributed by atoms with Crippen LogP contribution in [0.4, 0.5) is 9.18 Å². The SMILES string of the molecule is C=C\N=C(C)/C(C(=C\C)/c1ccccc1F)=C(\C)N1CCN(C(=O)OC(C)(C)C)C[C@@H]1C. The van der Waals surface area contributed by atoms with Crippen LogP contribution in [0.5, 0.6) is 0 Å². The first kappa shape index (κ1) is 25.4. The van der Waals surface area contributed by atoms with Gasteiger partial charge in [0.1, 0.15) is 11.4 Å². The minimum atomic E-state index is -0.528. The van der Waals surface area contributed by atoms with E-state index in [0.717, 1.165) is 22.6 Å². The highest BCUT2D eigenvalue weighted by Gasteiger charge is 2.31. The zero-order valence-corrected chi connectivity index (χ0v) is 20.4. The van der Waals surface area contributed by atoms with Gasteiger partial charge in [-0.05, 0) is 60.1 Å². The summed E-state index contributed by atoms with van der Waals surface area (Å²) in [6.45, 7) is 19.0. The Morgan fingerprint density at radius 1 is 1.25 bits per heavy atom. The lowest BCUT2D eigenvalue weighted by Crippen LogP contribution is -2.54. The van der Waals surface area contributed by atoms with E-state index >= 15 is 0 Å². The van der Waals surface area contributed by atoms with Gasteiger partial charge in [-0.15, -0.1) is 0 Å². The number of halogens is 1. The second-order valence-electron chi connectivity index (χ2n) is 9.01. The van der Waals surface area contributed by atoms with Crippen molar-refractivity contribution in [1.29, 1.82) is 0 Å². The largest absolute Gasteiger partial charge is 0.444 e. The summed E-state index contributed by atoms with van der Waals surface area (Å²) in [5.74, 6) is -0.278. The Morgan fingerprint density at radius 3 is 2.44 bits per heavy atom. The summed E-state index contributed by atoms with van der Waals surface area (Å²) >= 11 is 0. The summed E-state index contributed by atoms with van der Waals surface area (Å²) in [6, 6.07) is 6.82. The first-order chi connectivity index (χ1) is 15.0. The van der Waals surface area contributed by atoms with Crippen molar-refractivity contribution in [3.63, 3.8) is 0 Å². The van der Waals surface area contributed by atoms with Crippen LogP contribution in [0, 0.1) is 5.82 Å².